The highest BCUT2D eigenvalue weighted by molar-refractivity contribution is 5.94. The van der Waals surface area contributed by atoms with Crippen LogP contribution in [-0.2, 0) is 6.42 Å². The third-order valence-electron chi connectivity index (χ3n) is 6.70. The second-order valence-electron chi connectivity index (χ2n) is 7.68. The lowest BCUT2D eigenvalue weighted by molar-refractivity contribution is 0.498. The van der Waals surface area contributed by atoms with Gasteiger partial charge < -0.3 is 9.80 Å². The van der Waals surface area contributed by atoms with Gasteiger partial charge >= 0.3 is 0 Å². The molecule has 0 saturated carbocycles. The quantitative estimate of drug-likeness (QED) is 0.746. The Labute approximate surface area is 145 Å². The molecule has 0 amide bonds. The lowest BCUT2D eigenvalue weighted by Crippen LogP contribution is -2.37. The minimum Gasteiger partial charge on any atom is -0.335 e. The van der Waals surface area contributed by atoms with Gasteiger partial charge in [-0.25, -0.2) is 0 Å². The zero-order chi connectivity index (χ0) is 16.1. The van der Waals surface area contributed by atoms with E-state index in [1.807, 2.05) is 12.4 Å². The summed E-state index contributed by atoms with van der Waals surface area (Å²) in [6.07, 6.45) is 13.6. The second-order valence-corrected chi connectivity index (χ2v) is 7.68. The molecule has 0 fully saturated rings. The first-order valence-corrected chi connectivity index (χ1v) is 9.13. The van der Waals surface area contributed by atoms with E-state index in [1.54, 1.807) is 5.57 Å². The van der Waals surface area contributed by atoms with Crippen molar-refractivity contribution in [2.75, 3.05) is 16.3 Å². The molecule has 3 atom stereocenters. The van der Waals surface area contributed by atoms with Crippen LogP contribution in [0.4, 0.5) is 17.1 Å². The summed E-state index contributed by atoms with van der Waals surface area (Å²) in [5.41, 5.74) is 9.75. The monoisotopic (exact) mass is 327 g/mol. The van der Waals surface area contributed by atoms with E-state index in [2.05, 4.69) is 49.4 Å². The average molecular weight is 327 g/mol. The summed E-state index contributed by atoms with van der Waals surface area (Å²) in [5, 5.41) is 0. The van der Waals surface area contributed by atoms with E-state index in [-0.39, 0.29) is 0 Å². The molecule has 122 valence electrons. The maximum absolute atomic E-state index is 4.61. The molecular weight excluding hydrogens is 310 g/mol. The van der Waals surface area contributed by atoms with E-state index in [1.165, 1.54) is 40.3 Å². The van der Waals surface area contributed by atoms with Gasteiger partial charge in [0.15, 0.2) is 0 Å². The molecule has 0 aliphatic carbocycles. The Morgan fingerprint density at radius 2 is 1.76 bits per heavy atom. The van der Waals surface area contributed by atoms with Gasteiger partial charge in [-0.2, -0.15) is 0 Å². The maximum atomic E-state index is 4.61. The van der Waals surface area contributed by atoms with Gasteiger partial charge in [-0.05, 0) is 36.5 Å². The van der Waals surface area contributed by atoms with Crippen LogP contribution in [0.1, 0.15) is 29.9 Å². The molecule has 5 nitrogen and oxygen atoms in total. The molecular formula is C20H17N5. The molecule has 7 rings (SSSR count). The number of pyridine rings is 2. The fourth-order valence-corrected chi connectivity index (χ4v) is 5.84. The highest BCUT2D eigenvalue weighted by Crippen LogP contribution is 2.62. The summed E-state index contributed by atoms with van der Waals surface area (Å²) in [4.78, 5) is 18.6. The summed E-state index contributed by atoms with van der Waals surface area (Å²) in [6, 6.07) is 3.22. The Morgan fingerprint density at radius 3 is 2.72 bits per heavy atom. The number of rotatable bonds is 0. The van der Waals surface area contributed by atoms with E-state index >= 15 is 0 Å². The summed E-state index contributed by atoms with van der Waals surface area (Å²) in [7, 11) is 0. The fourth-order valence-electron chi connectivity index (χ4n) is 5.84. The lowest BCUT2D eigenvalue weighted by Gasteiger charge is -2.30. The van der Waals surface area contributed by atoms with Crippen molar-refractivity contribution < 1.29 is 0 Å². The summed E-state index contributed by atoms with van der Waals surface area (Å²) in [6.45, 7) is 0.946. The van der Waals surface area contributed by atoms with Crippen molar-refractivity contribution in [3.8, 4) is 0 Å². The molecule has 0 N–H and O–H groups in total. The Kier molecular flexibility index (Phi) is 2.07. The Morgan fingerprint density at radius 1 is 0.920 bits per heavy atom. The number of allylic oxidation sites excluding steroid dienone is 1. The molecule has 0 bridgehead atoms. The molecule has 25 heavy (non-hydrogen) atoms. The number of anilines is 3. The second kappa shape index (κ2) is 4.10. The fraction of sp³-hybridized carbons (Fsp3) is 0.350. The van der Waals surface area contributed by atoms with Gasteiger partial charge in [0.2, 0.25) is 0 Å². The van der Waals surface area contributed by atoms with E-state index in [9.17, 15) is 0 Å². The Bertz CT molecular complexity index is 1010. The zero-order valence-electron chi connectivity index (χ0n) is 13.8. The molecule has 0 aromatic carbocycles. The topological polar surface area (TPSA) is 44.6 Å². The smallest absolute Gasteiger partial charge is 0.0658 e. The van der Waals surface area contributed by atoms with Gasteiger partial charge in [0.25, 0.3) is 0 Å². The summed E-state index contributed by atoms with van der Waals surface area (Å²) < 4.78 is 0. The van der Waals surface area contributed by atoms with Crippen LogP contribution >= 0.6 is 0 Å². The van der Waals surface area contributed by atoms with Crippen LogP contribution in [0.2, 0.25) is 0 Å². The number of nitrogens with zero attached hydrogens (tertiary/aromatic N) is 5. The van der Waals surface area contributed by atoms with Crippen molar-refractivity contribution in [1.82, 2.24) is 9.97 Å². The SMILES string of the molecule is C1=NCCC2=C1N1c3cncc4c3C(C1C2)C1Cc2ccncc2N41. The Hall–Kier alpha value is -2.69. The van der Waals surface area contributed by atoms with Gasteiger partial charge in [0, 0.05) is 42.5 Å². The molecule has 5 heteroatoms. The third kappa shape index (κ3) is 1.33. The number of aromatic nitrogens is 2. The standard InChI is InChI=1S/C20H17N5/c1-3-21-7-15-11(1)5-13-19-14-6-12-2-4-22-8-16(12)25(14)18-10-23-9-17(20(18)19)24(13)15/h1,3,7-10,13-14,19H,2,4-6H2. The number of fused-ring (bicyclic) bond motifs is 9. The highest BCUT2D eigenvalue weighted by atomic mass is 15.3. The minimum atomic E-state index is 0.505. The number of dihydropyridines is 1. The van der Waals surface area contributed by atoms with Crippen LogP contribution in [0.5, 0.6) is 0 Å². The average Bonchev–Trinajstić information content (AvgIpc) is 3.35. The first-order chi connectivity index (χ1) is 12.4. The number of hydrogen-bond donors (Lipinski definition) is 0. The van der Waals surface area contributed by atoms with Crippen molar-refractivity contribution in [2.24, 2.45) is 4.99 Å². The molecule has 2 aromatic heterocycles. The van der Waals surface area contributed by atoms with Gasteiger partial charge in [-0.1, -0.05) is 0 Å². The predicted molar refractivity (Wildman–Crippen MR) is 96.7 cm³/mol. The van der Waals surface area contributed by atoms with Crippen molar-refractivity contribution in [1.29, 1.82) is 0 Å². The molecule has 7 heterocycles. The molecule has 2 aromatic rings. The van der Waals surface area contributed by atoms with Gasteiger partial charge in [-0.15, -0.1) is 0 Å². The summed E-state index contributed by atoms with van der Waals surface area (Å²) in [5.74, 6) is 0.555. The molecule has 0 saturated heterocycles. The van der Waals surface area contributed by atoms with Crippen LogP contribution in [0.15, 0.2) is 47.1 Å². The largest absolute Gasteiger partial charge is 0.335 e. The normalized spacial score (nSPS) is 29.7. The number of hydrogen-bond acceptors (Lipinski definition) is 5. The molecule has 5 aliphatic heterocycles. The van der Waals surface area contributed by atoms with Crippen LogP contribution in [-0.4, -0.2) is 34.8 Å². The Balaban J connectivity index is 1.45. The van der Waals surface area contributed by atoms with Crippen LogP contribution < -0.4 is 9.80 Å². The zero-order valence-corrected chi connectivity index (χ0v) is 13.8. The highest BCUT2D eigenvalue weighted by Gasteiger charge is 2.56. The van der Waals surface area contributed by atoms with E-state index in [0.29, 0.717) is 18.0 Å². The predicted octanol–water partition coefficient (Wildman–Crippen LogP) is 2.96. The van der Waals surface area contributed by atoms with Crippen molar-refractivity contribution in [3.63, 3.8) is 0 Å². The maximum Gasteiger partial charge on any atom is 0.0658 e. The van der Waals surface area contributed by atoms with Gasteiger partial charge in [-0.3, -0.25) is 15.0 Å². The van der Waals surface area contributed by atoms with E-state index < -0.39 is 0 Å². The van der Waals surface area contributed by atoms with Crippen LogP contribution in [0.3, 0.4) is 0 Å². The first-order valence-electron chi connectivity index (χ1n) is 9.13. The minimum absolute atomic E-state index is 0.505. The lowest BCUT2D eigenvalue weighted by atomic mass is 9.86. The van der Waals surface area contributed by atoms with E-state index in [4.69, 9.17) is 0 Å². The van der Waals surface area contributed by atoms with Crippen molar-refractivity contribution in [3.05, 3.63) is 53.3 Å². The number of aliphatic imine (C=N–C) groups is 1. The third-order valence-corrected chi connectivity index (χ3v) is 6.70. The van der Waals surface area contributed by atoms with Gasteiger partial charge in [0.1, 0.15) is 0 Å². The van der Waals surface area contributed by atoms with Crippen LogP contribution in [0, 0.1) is 0 Å². The molecule has 0 spiro atoms. The molecule has 5 aliphatic rings. The first kappa shape index (κ1) is 12.6. The van der Waals surface area contributed by atoms with Crippen molar-refractivity contribution >= 4 is 23.3 Å². The van der Waals surface area contributed by atoms with Crippen LogP contribution in [0.25, 0.3) is 0 Å². The molecule has 0 radical (unpaired) electrons. The van der Waals surface area contributed by atoms with Crippen molar-refractivity contribution in [2.45, 2.75) is 37.3 Å². The van der Waals surface area contributed by atoms with E-state index in [0.717, 1.165) is 19.4 Å². The summed E-state index contributed by atoms with van der Waals surface area (Å²) >= 11 is 0. The van der Waals surface area contributed by atoms with Gasteiger partial charge in [0.05, 0.1) is 41.3 Å². The molecule has 3 unspecified atom stereocenters.